The minimum atomic E-state index is -0.371. The van der Waals surface area contributed by atoms with Crippen molar-refractivity contribution in [2.75, 3.05) is 7.11 Å². The van der Waals surface area contributed by atoms with E-state index in [1.807, 2.05) is 31.2 Å². The van der Waals surface area contributed by atoms with Gasteiger partial charge in [-0.1, -0.05) is 42.0 Å². The third-order valence-corrected chi connectivity index (χ3v) is 3.13. The first-order chi connectivity index (χ1) is 10.1. The van der Waals surface area contributed by atoms with E-state index in [1.165, 1.54) is 7.11 Å². The van der Waals surface area contributed by atoms with Crippen LogP contribution in [0.25, 0.3) is 11.6 Å². The maximum absolute atomic E-state index is 11.4. The van der Waals surface area contributed by atoms with Gasteiger partial charge >= 0.3 is 5.97 Å². The molecule has 3 heteroatoms. The number of hydrogen-bond donors (Lipinski definition) is 0. The molecule has 3 nitrogen and oxygen atoms in total. The second-order valence-electron chi connectivity index (χ2n) is 4.65. The molecule has 2 aromatic carbocycles. The Balaban J connectivity index is 2.30. The van der Waals surface area contributed by atoms with Crippen LogP contribution in [0.2, 0.25) is 0 Å². The monoisotopic (exact) mass is 277 g/mol. The average molecular weight is 277 g/mol. The summed E-state index contributed by atoms with van der Waals surface area (Å²) in [7, 11) is 1.35. The Labute approximate surface area is 124 Å². The van der Waals surface area contributed by atoms with Crippen molar-refractivity contribution in [2.24, 2.45) is 0 Å². The van der Waals surface area contributed by atoms with Gasteiger partial charge < -0.3 is 4.74 Å². The molecule has 0 fully saturated rings. The van der Waals surface area contributed by atoms with Crippen LogP contribution in [0.15, 0.2) is 48.5 Å². The highest BCUT2D eigenvalue weighted by Gasteiger charge is 2.05. The first-order valence-corrected chi connectivity index (χ1v) is 6.51. The normalized spacial score (nSPS) is 10.8. The molecule has 0 aromatic heterocycles. The van der Waals surface area contributed by atoms with Crippen LogP contribution in [0.4, 0.5) is 0 Å². The van der Waals surface area contributed by atoms with Crippen LogP contribution >= 0.6 is 0 Å². The van der Waals surface area contributed by atoms with Crippen molar-refractivity contribution in [2.45, 2.75) is 6.92 Å². The van der Waals surface area contributed by atoms with Crippen LogP contribution in [0.1, 0.15) is 27.0 Å². The zero-order chi connectivity index (χ0) is 15.2. The molecule has 0 N–H and O–H groups in total. The maximum atomic E-state index is 11.4. The van der Waals surface area contributed by atoms with Crippen molar-refractivity contribution in [1.82, 2.24) is 0 Å². The molecule has 0 heterocycles. The van der Waals surface area contributed by atoms with Gasteiger partial charge in [0.2, 0.25) is 0 Å². The number of rotatable bonds is 3. The van der Waals surface area contributed by atoms with E-state index in [4.69, 9.17) is 0 Å². The number of carbonyl (C=O) groups excluding carboxylic acids is 1. The molecule has 0 aliphatic heterocycles. The Morgan fingerprint density at radius 1 is 1.05 bits per heavy atom. The predicted molar refractivity (Wildman–Crippen MR) is 82.4 cm³/mol. The number of carbonyl (C=O) groups is 1. The molecular weight excluding hydrogens is 262 g/mol. The summed E-state index contributed by atoms with van der Waals surface area (Å²) in [5, 5.41) is 9.30. The number of allylic oxidation sites excluding steroid dienone is 1. The van der Waals surface area contributed by atoms with Gasteiger partial charge in [-0.05, 0) is 36.3 Å². The van der Waals surface area contributed by atoms with Crippen LogP contribution in [-0.4, -0.2) is 13.1 Å². The van der Waals surface area contributed by atoms with E-state index in [1.54, 1.807) is 30.3 Å². The van der Waals surface area contributed by atoms with Crippen LogP contribution in [0.5, 0.6) is 0 Å². The highest BCUT2D eigenvalue weighted by molar-refractivity contribution is 5.92. The summed E-state index contributed by atoms with van der Waals surface area (Å²) in [6.45, 7) is 2.01. The Morgan fingerprint density at radius 2 is 1.62 bits per heavy atom. The van der Waals surface area contributed by atoms with Crippen LogP contribution in [0.3, 0.4) is 0 Å². The van der Waals surface area contributed by atoms with E-state index >= 15 is 0 Å². The quantitative estimate of drug-likeness (QED) is 0.486. The number of benzene rings is 2. The fourth-order valence-electron chi connectivity index (χ4n) is 1.91. The lowest BCUT2D eigenvalue weighted by Crippen LogP contribution is -2.00. The summed E-state index contributed by atoms with van der Waals surface area (Å²) < 4.78 is 4.65. The van der Waals surface area contributed by atoms with E-state index in [-0.39, 0.29) is 5.97 Å². The van der Waals surface area contributed by atoms with Crippen molar-refractivity contribution < 1.29 is 9.53 Å². The largest absolute Gasteiger partial charge is 0.465 e. The SMILES string of the molecule is COC(=O)c1ccc(/C=C(\C#N)c2ccc(C)cc2)cc1. The molecule has 104 valence electrons. The molecule has 0 aliphatic carbocycles. The highest BCUT2D eigenvalue weighted by atomic mass is 16.5. The zero-order valence-corrected chi connectivity index (χ0v) is 12.0. The van der Waals surface area contributed by atoms with Crippen molar-refractivity contribution >= 4 is 17.6 Å². The van der Waals surface area contributed by atoms with Gasteiger partial charge in [0.1, 0.15) is 0 Å². The molecule has 0 atom stereocenters. The third-order valence-electron chi connectivity index (χ3n) is 3.13. The van der Waals surface area contributed by atoms with Gasteiger partial charge in [0, 0.05) is 0 Å². The first kappa shape index (κ1) is 14.5. The molecule has 0 bridgehead atoms. The fourth-order valence-corrected chi connectivity index (χ4v) is 1.91. The van der Waals surface area contributed by atoms with Crippen molar-refractivity contribution in [3.8, 4) is 6.07 Å². The topological polar surface area (TPSA) is 50.1 Å². The fraction of sp³-hybridized carbons (Fsp3) is 0.111. The first-order valence-electron chi connectivity index (χ1n) is 6.51. The predicted octanol–water partition coefficient (Wildman–Crippen LogP) is 3.85. The summed E-state index contributed by atoms with van der Waals surface area (Å²) in [5.74, 6) is -0.371. The summed E-state index contributed by atoms with van der Waals surface area (Å²) in [5.41, 5.74) is 3.96. The lowest BCUT2D eigenvalue weighted by atomic mass is 10.0. The van der Waals surface area contributed by atoms with Crippen molar-refractivity contribution in [3.63, 3.8) is 0 Å². The Hall–Kier alpha value is -2.86. The molecule has 2 rings (SSSR count). The zero-order valence-electron chi connectivity index (χ0n) is 12.0. The van der Waals surface area contributed by atoms with Gasteiger partial charge in [-0.2, -0.15) is 5.26 Å². The van der Waals surface area contributed by atoms with Crippen molar-refractivity contribution in [3.05, 3.63) is 70.8 Å². The molecular formula is C18H15NO2. The van der Waals surface area contributed by atoms with Crippen LogP contribution in [-0.2, 0) is 4.74 Å². The minimum absolute atomic E-state index is 0.371. The van der Waals surface area contributed by atoms with E-state index in [2.05, 4.69) is 10.8 Å². The van der Waals surface area contributed by atoms with E-state index < -0.39 is 0 Å². The number of esters is 1. The van der Waals surface area contributed by atoms with E-state index in [0.717, 1.165) is 16.7 Å². The number of aryl methyl sites for hydroxylation is 1. The van der Waals surface area contributed by atoms with Gasteiger partial charge in [-0.25, -0.2) is 4.79 Å². The maximum Gasteiger partial charge on any atom is 0.337 e. The summed E-state index contributed by atoms with van der Waals surface area (Å²) in [6.07, 6.45) is 1.80. The summed E-state index contributed by atoms with van der Waals surface area (Å²) >= 11 is 0. The molecule has 0 saturated carbocycles. The van der Waals surface area contributed by atoms with Gasteiger partial charge in [0.15, 0.2) is 0 Å². The average Bonchev–Trinajstić information content (AvgIpc) is 2.53. The van der Waals surface area contributed by atoms with Gasteiger partial charge in [-0.15, -0.1) is 0 Å². The molecule has 0 amide bonds. The van der Waals surface area contributed by atoms with Crippen LogP contribution in [0, 0.1) is 18.3 Å². The minimum Gasteiger partial charge on any atom is -0.465 e. The lowest BCUT2D eigenvalue weighted by molar-refractivity contribution is 0.0601. The number of nitriles is 1. The summed E-state index contributed by atoms with van der Waals surface area (Å²) in [6, 6.07) is 16.9. The number of hydrogen-bond acceptors (Lipinski definition) is 3. The smallest absolute Gasteiger partial charge is 0.337 e. The molecule has 0 aliphatic rings. The molecule has 0 unspecified atom stereocenters. The number of methoxy groups -OCH3 is 1. The molecule has 21 heavy (non-hydrogen) atoms. The second kappa shape index (κ2) is 6.53. The van der Waals surface area contributed by atoms with Gasteiger partial charge in [-0.3, -0.25) is 0 Å². The number of ether oxygens (including phenoxy) is 1. The van der Waals surface area contributed by atoms with Gasteiger partial charge in [0.25, 0.3) is 0 Å². The standard InChI is InChI=1S/C18H15NO2/c1-13-3-7-15(8-4-13)17(12-19)11-14-5-9-16(10-6-14)18(20)21-2/h3-11H,1-2H3/b17-11+. The number of nitrogens with zero attached hydrogens (tertiary/aromatic N) is 1. The third kappa shape index (κ3) is 3.58. The summed E-state index contributed by atoms with van der Waals surface area (Å²) in [4.78, 5) is 11.4. The molecule has 0 saturated heterocycles. The Bertz CT molecular complexity index is 704. The molecule has 0 radical (unpaired) electrons. The molecule has 2 aromatic rings. The van der Waals surface area contributed by atoms with E-state index in [9.17, 15) is 10.1 Å². The second-order valence-corrected chi connectivity index (χ2v) is 4.65. The van der Waals surface area contributed by atoms with Gasteiger partial charge in [0.05, 0.1) is 24.3 Å². The Kier molecular flexibility index (Phi) is 4.53. The van der Waals surface area contributed by atoms with Crippen LogP contribution < -0.4 is 0 Å². The Morgan fingerprint density at radius 3 is 2.14 bits per heavy atom. The lowest BCUT2D eigenvalue weighted by Gasteiger charge is -2.02. The highest BCUT2D eigenvalue weighted by Crippen LogP contribution is 2.18. The van der Waals surface area contributed by atoms with Crippen molar-refractivity contribution in [1.29, 1.82) is 5.26 Å². The molecule has 0 spiro atoms. The van der Waals surface area contributed by atoms with E-state index in [0.29, 0.717) is 11.1 Å².